The first-order valence-electron chi connectivity index (χ1n) is 11.0. The Labute approximate surface area is 162 Å². The maximum absolute atomic E-state index is 2.60. The minimum Gasteiger partial charge on any atom is -0.360 e. The highest BCUT2D eigenvalue weighted by Crippen LogP contribution is 2.34. The molecule has 0 atom stereocenters. The van der Waals surface area contributed by atoms with Gasteiger partial charge in [0.1, 0.15) is 0 Å². The molecule has 2 nitrogen and oxygen atoms in total. The minimum absolute atomic E-state index is 0.621. The van der Waals surface area contributed by atoms with Gasteiger partial charge >= 0.3 is 0 Å². The van der Waals surface area contributed by atoms with Crippen molar-refractivity contribution in [2.24, 2.45) is 17.8 Å². The van der Waals surface area contributed by atoms with Gasteiger partial charge in [-0.15, -0.1) is 0 Å². The summed E-state index contributed by atoms with van der Waals surface area (Å²) in [5.41, 5.74) is 2.86. The molecule has 0 aromatic heterocycles. The van der Waals surface area contributed by atoms with E-state index in [1.807, 2.05) is 0 Å². The standard InChI is InChI=1S/C24H41N2/c1-19(2)22-8-6-21(7-9-22)18-26(5)16-14-25(15-17-26)24-12-10-23(11-13-24)20(3)4/h10-13,19-22H,6-9,14-18H2,1-5H3/q+1. The van der Waals surface area contributed by atoms with Crippen LogP contribution in [0, 0.1) is 17.8 Å². The molecule has 0 unspecified atom stereocenters. The summed E-state index contributed by atoms with van der Waals surface area (Å²) < 4.78 is 1.29. The normalized spacial score (nSPS) is 26.5. The van der Waals surface area contributed by atoms with Gasteiger partial charge in [0, 0.05) is 11.6 Å². The maximum Gasteiger partial charge on any atom is 0.0963 e. The molecule has 0 radical (unpaired) electrons. The van der Waals surface area contributed by atoms with E-state index in [0.29, 0.717) is 5.92 Å². The zero-order valence-electron chi connectivity index (χ0n) is 17.9. The second-order valence-corrected chi connectivity index (χ2v) is 10.0. The lowest BCUT2D eigenvalue weighted by Gasteiger charge is -2.45. The third-order valence-electron chi connectivity index (χ3n) is 7.28. The first-order valence-corrected chi connectivity index (χ1v) is 11.0. The number of likely N-dealkylation sites (N-methyl/N-ethyl adjacent to an activating group) is 1. The van der Waals surface area contributed by atoms with E-state index < -0.39 is 0 Å². The SMILES string of the molecule is CC(C)c1ccc(N2CC[N+](C)(CC3CCC(C(C)C)CC3)CC2)cc1. The van der Waals surface area contributed by atoms with Crippen molar-refractivity contribution in [1.29, 1.82) is 0 Å². The van der Waals surface area contributed by atoms with Crippen LogP contribution in [0.5, 0.6) is 0 Å². The van der Waals surface area contributed by atoms with Crippen molar-refractivity contribution in [2.75, 3.05) is 44.7 Å². The second kappa shape index (κ2) is 8.33. The van der Waals surface area contributed by atoms with E-state index in [1.54, 1.807) is 0 Å². The van der Waals surface area contributed by atoms with Crippen molar-refractivity contribution < 1.29 is 4.48 Å². The molecule has 2 heteroatoms. The molecule has 0 N–H and O–H groups in total. The summed E-state index contributed by atoms with van der Waals surface area (Å²) >= 11 is 0. The number of rotatable bonds is 5. The summed E-state index contributed by atoms with van der Waals surface area (Å²) in [4.78, 5) is 2.60. The molecule has 1 aliphatic carbocycles. The summed E-state index contributed by atoms with van der Waals surface area (Å²) in [5, 5.41) is 0. The Kier molecular flexibility index (Phi) is 6.33. The predicted molar refractivity (Wildman–Crippen MR) is 114 cm³/mol. The van der Waals surface area contributed by atoms with Gasteiger partial charge < -0.3 is 9.38 Å². The Hall–Kier alpha value is -1.02. The van der Waals surface area contributed by atoms with E-state index in [2.05, 4.69) is 63.9 Å². The monoisotopic (exact) mass is 357 g/mol. The van der Waals surface area contributed by atoms with Crippen molar-refractivity contribution in [1.82, 2.24) is 0 Å². The van der Waals surface area contributed by atoms with Crippen LogP contribution in [0.3, 0.4) is 0 Å². The molecule has 1 saturated heterocycles. The van der Waals surface area contributed by atoms with Crippen LogP contribution < -0.4 is 4.90 Å². The van der Waals surface area contributed by atoms with Crippen LogP contribution in [0.4, 0.5) is 5.69 Å². The lowest BCUT2D eigenvalue weighted by molar-refractivity contribution is -0.913. The number of anilines is 1. The Bertz CT molecular complexity index is 544. The Morgan fingerprint density at radius 3 is 2.00 bits per heavy atom. The average Bonchev–Trinajstić information content (AvgIpc) is 2.62. The van der Waals surface area contributed by atoms with Gasteiger partial charge in [-0.3, -0.25) is 0 Å². The van der Waals surface area contributed by atoms with Crippen LogP contribution in [-0.2, 0) is 0 Å². The van der Waals surface area contributed by atoms with Crippen LogP contribution in [0.2, 0.25) is 0 Å². The molecule has 0 spiro atoms. The van der Waals surface area contributed by atoms with Gasteiger partial charge in [0.05, 0.1) is 39.8 Å². The van der Waals surface area contributed by atoms with Gasteiger partial charge in [-0.2, -0.15) is 0 Å². The molecule has 2 fully saturated rings. The molecule has 26 heavy (non-hydrogen) atoms. The molecule has 0 amide bonds. The van der Waals surface area contributed by atoms with E-state index in [4.69, 9.17) is 0 Å². The fourth-order valence-electron chi connectivity index (χ4n) is 5.12. The second-order valence-electron chi connectivity index (χ2n) is 10.0. The third-order valence-corrected chi connectivity index (χ3v) is 7.28. The number of hydrogen-bond acceptors (Lipinski definition) is 1. The minimum atomic E-state index is 0.621. The molecule has 0 bridgehead atoms. The quantitative estimate of drug-likeness (QED) is 0.625. The zero-order valence-corrected chi connectivity index (χ0v) is 17.9. The molecule has 1 aliphatic heterocycles. The lowest BCUT2D eigenvalue weighted by Crippen LogP contribution is -2.59. The topological polar surface area (TPSA) is 3.24 Å². The van der Waals surface area contributed by atoms with E-state index in [-0.39, 0.29) is 0 Å². The molecule has 2 aliphatic rings. The summed E-state index contributed by atoms with van der Waals surface area (Å²) in [6.45, 7) is 15.8. The van der Waals surface area contributed by atoms with Crippen LogP contribution in [-0.4, -0.2) is 44.3 Å². The van der Waals surface area contributed by atoms with Gasteiger partial charge in [0.2, 0.25) is 0 Å². The molecule has 3 rings (SSSR count). The summed E-state index contributed by atoms with van der Waals surface area (Å²) in [5.74, 6) is 3.46. The van der Waals surface area contributed by atoms with Crippen molar-refractivity contribution >= 4 is 5.69 Å². The van der Waals surface area contributed by atoms with Crippen molar-refractivity contribution in [2.45, 2.75) is 59.3 Å². The largest absolute Gasteiger partial charge is 0.360 e. The van der Waals surface area contributed by atoms with Gasteiger partial charge in [0.25, 0.3) is 0 Å². The zero-order chi connectivity index (χ0) is 18.7. The van der Waals surface area contributed by atoms with Gasteiger partial charge in [-0.25, -0.2) is 0 Å². The van der Waals surface area contributed by atoms with Crippen molar-refractivity contribution in [3.05, 3.63) is 29.8 Å². The van der Waals surface area contributed by atoms with Crippen LogP contribution in [0.25, 0.3) is 0 Å². The number of nitrogens with zero attached hydrogens (tertiary/aromatic N) is 2. The van der Waals surface area contributed by atoms with Gasteiger partial charge in [0.15, 0.2) is 0 Å². The van der Waals surface area contributed by atoms with Crippen LogP contribution in [0.15, 0.2) is 24.3 Å². The third kappa shape index (κ3) is 4.82. The van der Waals surface area contributed by atoms with Gasteiger partial charge in [-0.05, 0) is 61.1 Å². The predicted octanol–water partition coefficient (Wildman–Crippen LogP) is 5.54. The van der Waals surface area contributed by atoms with Gasteiger partial charge in [-0.1, -0.05) is 39.8 Å². The highest BCUT2D eigenvalue weighted by Gasteiger charge is 2.33. The fraction of sp³-hybridized carbons (Fsp3) is 0.750. The molecule has 1 aromatic carbocycles. The van der Waals surface area contributed by atoms with Crippen LogP contribution in [0.1, 0.15) is 64.9 Å². The number of hydrogen-bond donors (Lipinski definition) is 0. The number of benzene rings is 1. The van der Waals surface area contributed by atoms with Crippen LogP contribution >= 0.6 is 0 Å². The van der Waals surface area contributed by atoms with E-state index >= 15 is 0 Å². The number of quaternary nitrogens is 1. The van der Waals surface area contributed by atoms with Crippen molar-refractivity contribution in [3.8, 4) is 0 Å². The maximum atomic E-state index is 2.60. The average molecular weight is 358 g/mol. The number of piperazine rings is 1. The van der Waals surface area contributed by atoms with E-state index in [9.17, 15) is 0 Å². The van der Waals surface area contributed by atoms with E-state index in [1.165, 1.54) is 74.1 Å². The Balaban J connectivity index is 1.49. The Morgan fingerprint density at radius 2 is 1.50 bits per heavy atom. The molecule has 1 saturated carbocycles. The molecule has 1 aromatic rings. The fourth-order valence-corrected chi connectivity index (χ4v) is 5.12. The first kappa shape index (κ1) is 19.7. The summed E-state index contributed by atoms with van der Waals surface area (Å²) in [6.07, 6.45) is 5.88. The summed E-state index contributed by atoms with van der Waals surface area (Å²) in [7, 11) is 2.51. The first-order chi connectivity index (χ1) is 12.4. The highest BCUT2D eigenvalue weighted by atomic mass is 15.4. The highest BCUT2D eigenvalue weighted by molar-refractivity contribution is 5.48. The summed E-state index contributed by atoms with van der Waals surface area (Å²) in [6, 6.07) is 9.29. The Morgan fingerprint density at radius 1 is 0.923 bits per heavy atom. The van der Waals surface area contributed by atoms with Crippen molar-refractivity contribution in [3.63, 3.8) is 0 Å². The van der Waals surface area contributed by atoms with E-state index in [0.717, 1.165) is 17.8 Å². The molecule has 146 valence electrons. The lowest BCUT2D eigenvalue weighted by atomic mass is 9.76. The smallest absolute Gasteiger partial charge is 0.0963 e. The molecular weight excluding hydrogens is 316 g/mol. The molecule has 1 heterocycles. The molecular formula is C24H41N2+.